The molecule has 0 aliphatic rings. The van der Waals surface area contributed by atoms with Gasteiger partial charge in [0.15, 0.2) is 12.4 Å². The molecular formula is C23H23FN2O4. The zero-order chi connectivity index (χ0) is 21.8. The highest BCUT2D eigenvalue weighted by Gasteiger charge is 2.19. The largest absolute Gasteiger partial charge is 0.453 e. The van der Waals surface area contributed by atoms with Crippen LogP contribution in [0.15, 0.2) is 42.6 Å². The Hall–Kier alpha value is -3.48. The van der Waals surface area contributed by atoms with Gasteiger partial charge in [0.2, 0.25) is 5.78 Å². The predicted molar refractivity (Wildman–Crippen MR) is 109 cm³/mol. The number of hydrogen-bond acceptors (Lipinski definition) is 4. The molecule has 2 aromatic heterocycles. The summed E-state index contributed by atoms with van der Waals surface area (Å²) in [6.07, 6.45) is 2.13. The molecule has 2 heterocycles. The smallest absolute Gasteiger partial charge is 0.355 e. The van der Waals surface area contributed by atoms with Crippen molar-refractivity contribution in [2.75, 3.05) is 6.61 Å². The number of benzene rings is 1. The second-order valence-electron chi connectivity index (χ2n) is 7.17. The van der Waals surface area contributed by atoms with Crippen LogP contribution in [0.4, 0.5) is 4.39 Å². The van der Waals surface area contributed by atoms with Crippen molar-refractivity contribution in [2.24, 2.45) is 0 Å². The lowest BCUT2D eigenvalue weighted by Crippen LogP contribution is -2.15. The molecule has 3 rings (SSSR count). The number of aryl methyl sites for hydroxylation is 2. The quantitative estimate of drug-likeness (QED) is 0.449. The molecule has 0 saturated carbocycles. The Kier molecular flexibility index (Phi) is 6.30. The lowest BCUT2D eigenvalue weighted by molar-refractivity contribution is 0.0469. The molecule has 0 unspecified atom stereocenters. The highest BCUT2D eigenvalue weighted by Crippen LogP contribution is 2.17. The fourth-order valence-corrected chi connectivity index (χ4v) is 3.32. The monoisotopic (exact) mass is 410 g/mol. The molecule has 7 heteroatoms. The summed E-state index contributed by atoms with van der Waals surface area (Å²) in [6.45, 7) is 5.40. The summed E-state index contributed by atoms with van der Waals surface area (Å²) in [7, 11) is 0. The van der Waals surface area contributed by atoms with Crippen LogP contribution in [0.2, 0.25) is 0 Å². The number of ketones is 2. The van der Waals surface area contributed by atoms with Gasteiger partial charge in [0.1, 0.15) is 11.5 Å². The van der Waals surface area contributed by atoms with Crippen LogP contribution in [0.25, 0.3) is 0 Å². The molecule has 156 valence electrons. The number of rotatable bonds is 8. The van der Waals surface area contributed by atoms with E-state index in [2.05, 4.69) is 4.98 Å². The highest BCUT2D eigenvalue weighted by molar-refractivity contribution is 6.01. The first-order valence-corrected chi connectivity index (χ1v) is 9.57. The average molecular weight is 410 g/mol. The van der Waals surface area contributed by atoms with E-state index < -0.39 is 12.6 Å². The maximum Gasteiger partial charge on any atom is 0.355 e. The third kappa shape index (κ3) is 4.74. The summed E-state index contributed by atoms with van der Waals surface area (Å²) in [4.78, 5) is 38.7. The molecular weight excluding hydrogens is 387 g/mol. The number of aromatic amines is 1. The van der Waals surface area contributed by atoms with Crippen molar-refractivity contribution in [1.82, 2.24) is 9.55 Å². The summed E-state index contributed by atoms with van der Waals surface area (Å²) in [5.74, 6) is -1.44. The number of H-pyrrole nitrogens is 1. The van der Waals surface area contributed by atoms with Crippen molar-refractivity contribution >= 4 is 17.5 Å². The number of carbonyl (C=O) groups excluding carboxylic acids is 3. The minimum atomic E-state index is -0.694. The van der Waals surface area contributed by atoms with Crippen LogP contribution in [0.1, 0.15) is 55.1 Å². The molecule has 0 radical (unpaired) electrons. The van der Waals surface area contributed by atoms with Crippen LogP contribution in [-0.4, -0.2) is 33.7 Å². The minimum Gasteiger partial charge on any atom is -0.453 e. The molecule has 0 atom stereocenters. The number of Topliss-reactive ketones (excluding diaryl/α,β-unsaturated/α-hetero) is 2. The van der Waals surface area contributed by atoms with Crippen LogP contribution < -0.4 is 0 Å². The van der Waals surface area contributed by atoms with Crippen molar-refractivity contribution in [2.45, 2.75) is 33.7 Å². The summed E-state index contributed by atoms with van der Waals surface area (Å²) in [5.41, 5.74) is 3.70. The number of aromatic nitrogens is 2. The third-order valence-electron chi connectivity index (χ3n) is 5.06. The topological polar surface area (TPSA) is 81.2 Å². The van der Waals surface area contributed by atoms with E-state index in [1.54, 1.807) is 18.2 Å². The fraction of sp³-hybridized carbons (Fsp3) is 0.261. The first-order valence-electron chi connectivity index (χ1n) is 9.57. The van der Waals surface area contributed by atoms with Gasteiger partial charge < -0.3 is 14.3 Å². The number of nitrogens with one attached hydrogen (secondary N) is 1. The van der Waals surface area contributed by atoms with E-state index in [1.807, 2.05) is 18.4 Å². The van der Waals surface area contributed by atoms with E-state index in [1.165, 1.54) is 31.3 Å². The predicted octanol–water partition coefficient (Wildman–Crippen LogP) is 4.06. The first kappa shape index (κ1) is 21.2. The van der Waals surface area contributed by atoms with Crippen molar-refractivity contribution in [3.63, 3.8) is 0 Å². The van der Waals surface area contributed by atoms with Crippen LogP contribution in [-0.2, 0) is 17.7 Å². The Labute approximate surface area is 173 Å². The van der Waals surface area contributed by atoms with Gasteiger partial charge in [-0.15, -0.1) is 0 Å². The van der Waals surface area contributed by atoms with Gasteiger partial charge in [-0.05, 0) is 57.0 Å². The molecule has 0 fully saturated rings. The molecule has 0 spiro atoms. The molecule has 0 saturated heterocycles. The molecule has 0 aliphatic carbocycles. The van der Waals surface area contributed by atoms with Crippen molar-refractivity contribution in [3.05, 3.63) is 82.2 Å². The molecule has 0 aliphatic heterocycles. The van der Waals surface area contributed by atoms with Crippen LogP contribution in [0, 0.1) is 19.7 Å². The minimum absolute atomic E-state index is 0.123. The number of halogens is 1. The molecule has 30 heavy (non-hydrogen) atoms. The van der Waals surface area contributed by atoms with Gasteiger partial charge in [0.25, 0.3) is 0 Å². The van der Waals surface area contributed by atoms with Gasteiger partial charge >= 0.3 is 5.97 Å². The lowest BCUT2D eigenvalue weighted by atomic mass is 10.1. The number of nitrogens with zero attached hydrogens (tertiary/aromatic N) is 1. The Morgan fingerprint density at radius 3 is 2.43 bits per heavy atom. The Morgan fingerprint density at radius 1 is 1.10 bits per heavy atom. The summed E-state index contributed by atoms with van der Waals surface area (Å²) >= 11 is 0. The number of ether oxygens (including phenoxy) is 1. The standard InChI is InChI=1S/C23H23FN2O4/c1-14-10-20(15(2)26(14)9-8-17-4-6-19(24)7-5-17)22(28)13-30-23(29)21-11-18(12-25-21)16(3)27/h4-7,10-12,25H,8-9,13H2,1-3H3. The molecule has 1 aromatic carbocycles. The molecule has 1 N–H and O–H groups in total. The average Bonchev–Trinajstić information content (AvgIpc) is 3.31. The van der Waals surface area contributed by atoms with Gasteiger partial charge in [-0.1, -0.05) is 12.1 Å². The second-order valence-corrected chi connectivity index (χ2v) is 7.17. The Bertz CT molecular complexity index is 1090. The van der Waals surface area contributed by atoms with E-state index >= 15 is 0 Å². The lowest BCUT2D eigenvalue weighted by Gasteiger charge is -2.10. The van der Waals surface area contributed by atoms with E-state index in [0.717, 1.165) is 17.0 Å². The maximum absolute atomic E-state index is 13.0. The zero-order valence-electron chi connectivity index (χ0n) is 17.1. The number of hydrogen-bond donors (Lipinski definition) is 1. The summed E-state index contributed by atoms with van der Waals surface area (Å²) in [5, 5.41) is 0. The van der Waals surface area contributed by atoms with Gasteiger partial charge in [-0.2, -0.15) is 0 Å². The van der Waals surface area contributed by atoms with Gasteiger partial charge in [-0.25, -0.2) is 9.18 Å². The van der Waals surface area contributed by atoms with Gasteiger partial charge in [-0.3, -0.25) is 9.59 Å². The SMILES string of the molecule is CC(=O)c1c[nH]c(C(=O)OCC(=O)c2cc(C)n(CCc3ccc(F)cc3)c2C)c1. The highest BCUT2D eigenvalue weighted by atomic mass is 19.1. The molecule has 0 amide bonds. The molecule has 6 nitrogen and oxygen atoms in total. The van der Waals surface area contributed by atoms with Crippen LogP contribution in [0.3, 0.4) is 0 Å². The van der Waals surface area contributed by atoms with Crippen molar-refractivity contribution < 1.29 is 23.5 Å². The summed E-state index contributed by atoms with van der Waals surface area (Å²) in [6, 6.07) is 9.52. The maximum atomic E-state index is 13.0. The first-order chi connectivity index (χ1) is 14.3. The number of carbonyl (C=O) groups is 3. The number of esters is 1. The zero-order valence-corrected chi connectivity index (χ0v) is 17.1. The molecule has 3 aromatic rings. The van der Waals surface area contributed by atoms with Gasteiger partial charge in [0.05, 0.1) is 0 Å². The fourth-order valence-electron chi connectivity index (χ4n) is 3.32. The summed E-state index contributed by atoms with van der Waals surface area (Å²) < 4.78 is 20.2. The molecule has 0 bridgehead atoms. The Morgan fingerprint density at radius 2 is 1.80 bits per heavy atom. The Balaban J connectivity index is 1.63. The van der Waals surface area contributed by atoms with Crippen molar-refractivity contribution in [1.29, 1.82) is 0 Å². The normalized spacial score (nSPS) is 10.8. The van der Waals surface area contributed by atoms with Crippen LogP contribution >= 0.6 is 0 Å². The van der Waals surface area contributed by atoms with Crippen LogP contribution in [0.5, 0.6) is 0 Å². The van der Waals surface area contributed by atoms with E-state index in [9.17, 15) is 18.8 Å². The van der Waals surface area contributed by atoms with Crippen molar-refractivity contribution in [3.8, 4) is 0 Å². The van der Waals surface area contributed by atoms with E-state index in [-0.39, 0.29) is 23.1 Å². The van der Waals surface area contributed by atoms with E-state index in [0.29, 0.717) is 24.1 Å². The second kappa shape index (κ2) is 8.90. The van der Waals surface area contributed by atoms with E-state index in [4.69, 9.17) is 4.74 Å². The van der Waals surface area contributed by atoms with Gasteiger partial charge in [0, 0.05) is 35.3 Å². The third-order valence-corrected chi connectivity index (χ3v) is 5.06.